The van der Waals surface area contributed by atoms with Gasteiger partial charge in [0.15, 0.2) is 0 Å². The lowest BCUT2D eigenvalue weighted by atomic mass is 9.94. The number of hydrogen-bond donors (Lipinski definition) is 1. The molecule has 116 valence electrons. The second kappa shape index (κ2) is 6.37. The van der Waals surface area contributed by atoms with Gasteiger partial charge >= 0.3 is 0 Å². The van der Waals surface area contributed by atoms with E-state index in [1.165, 1.54) is 12.0 Å². The van der Waals surface area contributed by atoms with Crippen LogP contribution in [0.4, 0.5) is 0 Å². The molecule has 3 nitrogen and oxygen atoms in total. The van der Waals surface area contributed by atoms with E-state index in [0.717, 1.165) is 37.9 Å². The molecule has 0 amide bonds. The normalized spacial score (nSPS) is 30.7. The summed E-state index contributed by atoms with van der Waals surface area (Å²) in [7, 11) is 0. The second-order valence-electron chi connectivity index (χ2n) is 6.75. The molecule has 2 aliphatic rings. The van der Waals surface area contributed by atoms with E-state index >= 15 is 0 Å². The van der Waals surface area contributed by atoms with Gasteiger partial charge in [0.2, 0.25) is 0 Å². The third kappa shape index (κ3) is 3.09. The van der Waals surface area contributed by atoms with E-state index in [0.29, 0.717) is 18.0 Å². The van der Waals surface area contributed by atoms with Gasteiger partial charge in [-0.1, -0.05) is 38.5 Å². The summed E-state index contributed by atoms with van der Waals surface area (Å²) in [6, 6.07) is 9.75. The Hall–Kier alpha value is -1.06. The number of nitrogens with zero attached hydrogens (tertiary/aromatic N) is 1. The number of rotatable bonds is 4. The fourth-order valence-corrected chi connectivity index (χ4v) is 3.53. The topological polar surface area (TPSA) is 24.5 Å². The molecule has 2 heterocycles. The molecule has 0 bridgehead atoms. The zero-order valence-corrected chi connectivity index (χ0v) is 13.5. The average Bonchev–Trinajstić information content (AvgIpc) is 2.92. The maximum Gasteiger partial charge on any atom is 0.122 e. The minimum atomic E-state index is 0.527. The maximum atomic E-state index is 5.84. The van der Waals surface area contributed by atoms with Crippen molar-refractivity contribution in [1.82, 2.24) is 10.2 Å². The van der Waals surface area contributed by atoms with Crippen molar-refractivity contribution in [1.29, 1.82) is 0 Å². The molecule has 4 atom stereocenters. The van der Waals surface area contributed by atoms with Gasteiger partial charge in [-0.25, -0.2) is 0 Å². The van der Waals surface area contributed by atoms with Crippen LogP contribution in [0.25, 0.3) is 0 Å². The smallest absolute Gasteiger partial charge is 0.122 e. The molecular formula is C18H28N2O. The van der Waals surface area contributed by atoms with Crippen LogP contribution in [0.5, 0.6) is 5.75 Å². The Morgan fingerprint density at radius 2 is 2.19 bits per heavy atom. The highest BCUT2D eigenvalue weighted by molar-refractivity contribution is 5.39. The number of ether oxygens (including phenoxy) is 1. The molecule has 0 radical (unpaired) electrons. The van der Waals surface area contributed by atoms with E-state index < -0.39 is 0 Å². The van der Waals surface area contributed by atoms with E-state index in [1.807, 2.05) is 0 Å². The Labute approximate surface area is 128 Å². The first-order valence-electron chi connectivity index (χ1n) is 8.38. The maximum absolute atomic E-state index is 5.84. The molecule has 1 fully saturated rings. The van der Waals surface area contributed by atoms with Gasteiger partial charge < -0.3 is 10.1 Å². The monoisotopic (exact) mass is 288 g/mol. The van der Waals surface area contributed by atoms with Crippen LogP contribution in [-0.4, -0.2) is 43.2 Å². The third-order valence-corrected chi connectivity index (χ3v) is 5.31. The Balaban J connectivity index is 1.66. The van der Waals surface area contributed by atoms with Gasteiger partial charge in [0, 0.05) is 43.2 Å². The van der Waals surface area contributed by atoms with Crippen LogP contribution < -0.4 is 10.1 Å². The van der Waals surface area contributed by atoms with Crippen molar-refractivity contribution < 1.29 is 4.74 Å². The van der Waals surface area contributed by atoms with Crippen LogP contribution in [0.1, 0.15) is 38.7 Å². The number of nitrogens with one attached hydrogen (secondary N) is 1. The first-order valence-corrected chi connectivity index (χ1v) is 8.38. The summed E-state index contributed by atoms with van der Waals surface area (Å²) < 4.78 is 5.84. The van der Waals surface area contributed by atoms with E-state index in [1.54, 1.807) is 0 Å². The second-order valence-corrected chi connectivity index (χ2v) is 6.75. The molecular weight excluding hydrogens is 260 g/mol. The first-order chi connectivity index (χ1) is 10.2. The zero-order chi connectivity index (χ0) is 14.8. The van der Waals surface area contributed by atoms with Gasteiger partial charge in [0.05, 0.1) is 6.61 Å². The van der Waals surface area contributed by atoms with Gasteiger partial charge in [-0.2, -0.15) is 0 Å². The highest BCUT2D eigenvalue weighted by Crippen LogP contribution is 2.34. The predicted molar refractivity (Wildman–Crippen MR) is 87.0 cm³/mol. The van der Waals surface area contributed by atoms with Crippen LogP contribution in [0.15, 0.2) is 24.3 Å². The van der Waals surface area contributed by atoms with Crippen molar-refractivity contribution in [2.24, 2.45) is 5.92 Å². The average molecular weight is 288 g/mol. The van der Waals surface area contributed by atoms with Crippen molar-refractivity contribution in [3.8, 4) is 5.75 Å². The molecule has 0 saturated carbocycles. The standard InChI is InChI=1S/C18H28N2O/c1-4-13(2)17-11-20(14(3)9-19-17)10-15-12-21-18-8-6-5-7-16(15)18/h5-8,13-15,17,19H,4,9-12H2,1-3H3. The van der Waals surface area contributed by atoms with Gasteiger partial charge in [-0.05, 0) is 18.9 Å². The van der Waals surface area contributed by atoms with E-state index in [9.17, 15) is 0 Å². The highest BCUT2D eigenvalue weighted by Gasteiger charge is 2.32. The van der Waals surface area contributed by atoms with Crippen LogP contribution in [-0.2, 0) is 0 Å². The van der Waals surface area contributed by atoms with Gasteiger partial charge in [-0.15, -0.1) is 0 Å². The van der Waals surface area contributed by atoms with Crippen molar-refractivity contribution in [3.05, 3.63) is 29.8 Å². The summed E-state index contributed by atoms with van der Waals surface area (Å²) in [4.78, 5) is 2.66. The molecule has 3 heteroatoms. The van der Waals surface area contributed by atoms with Crippen molar-refractivity contribution in [2.45, 2.75) is 45.2 Å². The largest absolute Gasteiger partial charge is 0.493 e. The summed E-state index contributed by atoms with van der Waals surface area (Å²) in [6.07, 6.45) is 1.25. The predicted octanol–water partition coefficient (Wildman–Crippen LogP) is 2.87. The lowest BCUT2D eigenvalue weighted by molar-refractivity contribution is 0.108. The Kier molecular flexibility index (Phi) is 4.51. The summed E-state index contributed by atoms with van der Waals surface area (Å²) in [6.45, 7) is 11.2. The number of benzene rings is 1. The lowest BCUT2D eigenvalue weighted by Gasteiger charge is -2.41. The van der Waals surface area contributed by atoms with Crippen molar-refractivity contribution in [2.75, 3.05) is 26.2 Å². The third-order valence-electron chi connectivity index (χ3n) is 5.31. The Bertz CT molecular complexity index is 476. The lowest BCUT2D eigenvalue weighted by Crippen LogP contribution is -2.58. The number of hydrogen-bond acceptors (Lipinski definition) is 3. The molecule has 2 aliphatic heterocycles. The van der Waals surface area contributed by atoms with Crippen molar-refractivity contribution in [3.63, 3.8) is 0 Å². The molecule has 1 saturated heterocycles. The van der Waals surface area contributed by atoms with E-state index in [2.05, 4.69) is 55.3 Å². The summed E-state index contributed by atoms with van der Waals surface area (Å²) in [5.74, 6) is 2.36. The minimum absolute atomic E-state index is 0.527. The number of para-hydroxylation sites is 1. The van der Waals surface area contributed by atoms with Crippen molar-refractivity contribution >= 4 is 0 Å². The van der Waals surface area contributed by atoms with Crippen LogP contribution in [0.2, 0.25) is 0 Å². The molecule has 1 aromatic carbocycles. The summed E-state index contributed by atoms with van der Waals surface area (Å²) >= 11 is 0. The Morgan fingerprint density at radius 1 is 1.38 bits per heavy atom. The molecule has 3 rings (SSSR count). The van der Waals surface area contributed by atoms with Crippen LogP contribution in [0, 0.1) is 5.92 Å². The number of piperazine rings is 1. The summed E-state index contributed by atoms with van der Waals surface area (Å²) in [5.41, 5.74) is 1.39. The number of fused-ring (bicyclic) bond motifs is 1. The van der Waals surface area contributed by atoms with Crippen LogP contribution in [0.3, 0.4) is 0 Å². The molecule has 0 aromatic heterocycles. The molecule has 1 aromatic rings. The van der Waals surface area contributed by atoms with E-state index in [4.69, 9.17) is 4.74 Å². The molecule has 1 N–H and O–H groups in total. The molecule has 4 unspecified atom stereocenters. The quantitative estimate of drug-likeness (QED) is 0.922. The Morgan fingerprint density at radius 3 is 3.00 bits per heavy atom. The van der Waals surface area contributed by atoms with Gasteiger partial charge in [0.1, 0.15) is 5.75 Å². The first kappa shape index (κ1) is 14.9. The van der Waals surface area contributed by atoms with Crippen LogP contribution >= 0.6 is 0 Å². The van der Waals surface area contributed by atoms with Gasteiger partial charge in [-0.3, -0.25) is 4.90 Å². The fourth-order valence-electron chi connectivity index (χ4n) is 3.53. The van der Waals surface area contributed by atoms with E-state index in [-0.39, 0.29) is 0 Å². The zero-order valence-electron chi connectivity index (χ0n) is 13.5. The fraction of sp³-hybridized carbons (Fsp3) is 0.667. The molecule has 21 heavy (non-hydrogen) atoms. The SMILES string of the molecule is CCC(C)C1CN(CC2COc3ccccc32)C(C)CN1. The summed E-state index contributed by atoms with van der Waals surface area (Å²) in [5, 5.41) is 3.72. The molecule has 0 spiro atoms. The highest BCUT2D eigenvalue weighted by atomic mass is 16.5. The molecule has 0 aliphatic carbocycles. The minimum Gasteiger partial charge on any atom is -0.493 e. The van der Waals surface area contributed by atoms with Gasteiger partial charge in [0.25, 0.3) is 0 Å².